The quantitative estimate of drug-likeness (QED) is 0.666. The number of hydrogen-bond acceptors (Lipinski definition) is 5. The Morgan fingerprint density at radius 3 is 2.53 bits per heavy atom. The molecule has 4 rings (SSSR count). The standard InChI is InChI=1S/C20H18ClN5O4/c1-24-16-14(18(28)25(2)20(24)30)9-11(10-22-16)17(27)23-15-7-8-26(19(15)29)13-5-3-12(21)4-6-13/h3-6,9-10,15H,7-8H2,1-2H3,(H,23,27). The number of amides is 2. The highest BCUT2D eigenvalue weighted by molar-refractivity contribution is 6.30. The zero-order valence-corrected chi connectivity index (χ0v) is 17.0. The molecular formula is C20H18ClN5O4. The van der Waals surface area contributed by atoms with Gasteiger partial charge in [-0.2, -0.15) is 0 Å². The zero-order valence-electron chi connectivity index (χ0n) is 16.3. The first-order valence-electron chi connectivity index (χ1n) is 9.21. The molecule has 1 aliphatic heterocycles. The first-order valence-corrected chi connectivity index (χ1v) is 9.59. The van der Waals surface area contributed by atoms with Crippen molar-refractivity contribution in [2.75, 3.05) is 11.4 Å². The average molecular weight is 428 g/mol. The summed E-state index contributed by atoms with van der Waals surface area (Å²) in [5, 5.41) is 3.43. The van der Waals surface area contributed by atoms with E-state index in [2.05, 4.69) is 10.3 Å². The van der Waals surface area contributed by atoms with Crippen molar-refractivity contribution in [3.63, 3.8) is 0 Å². The lowest BCUT2D eigenvalue weighted by Crippen LogP contribution is -2.42. The molecule has 2 aromatic heterocycles. The van der Waals surface area contributed by atoms with Crippen molar-refractivity contribution < 1.29 is 9.59 Å². The first kappa shape index (κ1) is 19.8. The molecule has 1 aromatic carbocycles. The second-order valence-corrected chi connectivity index (χ2v) is 7.52. The van der Waals surface area contributed by atoms with Crippen LogP contribution in [0.25, 0.3) is 11.0 Å². The first-order chi connectivity index (χ1) is 14.3. The molecule has 3 aromatic rings. The highest BCUT2D eigenvalue weighted by Crippen LogP contribution is 2.23. The van der Waals surface area contributed by atoms with Crippen LogP contribution in [0.1, 0.15) is 16.8 Å². The fourth-order valence-corrected chi connectivity index (χ4v) is 3.65. The van der Waals surface area contributed by atoms with Crippen LogP contribution in [0.3, 0.4) is 0 Å². The fraction of sp³-hybridized carbons (Fsp3) is 0.250. The normalized spacial score (nSPS) is 16.3. The summed E-state index contributed by atoms with van der Waals surface area (Å²) >= 11 is 5.89. The van der Waals surface area contributed by atoms with Crippen molar-refractivity contribution in [2.45, 2.75) is 12.5 Å². The molecule has 1 saturated heterocycles. The van der Waals surface area contributed by atoms with E-state index < -0.39 is 23.2 Å². The minimum absolute atomic E-state index is 0.135. The lowest BCUT2D eigenvalue weighted by molar-refractivity contribution is -0.118. The van der Waals surface area contributed by atoms with E-state index in [0.717, 1.165) is 4.57 Å². The molecule has 2 amide bonds. The summed E-state index contributed by atoms with van der Waals surface area (Å²) in [6, 6.07) is 7.59. The molecule has 0 saturated carbocycles. The van der Waals surface area contributed by atoms with Crippen LogP contribution in [0.5, 0.6) is 0 Å². The summed E-state index contributed by atoms with van der Waals surface area (Å²) in [5.41, 5.74) is -0.0171. The number of anilines is 1. The second-order valence-electron chi connectivity index (χ2n) is 7.08. The Kier molecular flexibility index (Phi) is 4.90. The molecule has 0 aliphatic carbocycles. The van der Waals surface area contributed by atoms with Crippen LogP contribution in [0.4, 0.5) is 5.69 Å². The number of halogens is 1. The summed E-state index contributed by atoms with van der Waals surface area (Å²) in [5.74, 6) is -0.741. The van der Waals surface area contributed by atoms with Gasteiger partial charge in [0, 0.05) is 37.5 Å². The maximum Gasteiger partial charge on any atom is 0.332 e. The molecule has 1 atom stereocenters. The lowest BCUT2D eigenvalue weighted by atomic mass is 10.2. The van der Waals surface area contributed by atoms with Gasteiger partial charge in [0.15, 0.2) is 0 Å². The summed E-state index contributed by atoms with van der Waals surface area (Å²) < 4.78 is 2.19. The number of rotatable bonds is 3. The Labute approximate surface area is 175 Å². The molecule has 10 heteroatoms. The summed E-state index contributed by atoms with van der Waals surface area (Å²) in [4.78, 5) is 55.5. The minimum Gasteiger partial charge on any atom is -0.340 e. The maximum atomic E-state index is 12.7. The predicted molar refractivity (Wildman–Crippen MR) is 112 cm³/mol. The fourth-order valence-electron chi connectivity index (χ4n) is 3.52. The van der Waals surface area contributed by atoms with Crippen molar-refractivity contribution in [1.29, 1.82) is 0 Å². The molecule has 0 spiro atoms. The van der Waals surface area contributed by atoms with E-state index in [1.165, 1.54) is 30.9 Å². The smallest absolute Gasteiger partial charge is 0.332 e. The van der Waals surface area contributed by atoms with Crippen LogP contribution in [-0.4, -0.2) is 38.5 Å². The largest absolute Gasteiger partial charge is 0.340 e. The van der Waals surface area contributed by atoms with E-state index >= 15 is 0 Å². The predicted octanol–water partition coefficient (Wildman–Crippen LogP) is 0.821. The van der Waals surface area contributed by atoms with Crippen LogP contribution >= 0.6 is 11.6 Å². The number of pyridine rings is 1. The number of nitrogens with one attached hydrogen (secondary N) is 1. The van der Waals surface area contributed by atoms with Gasteiger partial charge in [-0.1, -0.05) is 11.6 Å². The highest BCUT2D eigenvalue weighted by atomic mass is 35.5. The number of carbonyl (C=O) groups is 2. The molecule has 1 aliphatic rings. The van der Waals surface area contributed by atoms with Gasteiger partial charge in [0.05, 0.1) is 10.9 Å². The Morgan fingerprint density at radius 2 is 1.83 bits per heavy atom. The van der Waals surface area contributed by atoms with Gasteiger partial charge in [0.25, 0.3) is 11.5 Å². The van der Waals surface area contributed by atoms with Crippen LogP contribution in [0, 0.1) is 0 Å². The summed E-state index contributed by atoms with van der Waals surface area (Å²) in [6.07, 6.45) is 1.73. The van der Waals surface area contributed by atoms with Crippen molar-refractivity contribution in [1.82, 2.24) is 19.4 Å². The van der Waals surface area contributed by atoms with Crippen LogP contribution < -0.4 is 21.5 Å². The van der Waals surface area contributed by atoms with Gasteiger partial charge < -0.3 is 10.2 Å². The van der Waals surface area contributed by atoms with E-state index in [4.69, 9.17) is 11.6 Å². The minimum atomic E-state index is -0.688. The van der Waals surface area contributed by atoms with Gasteiger partial charge in [-0.3, -0.25) is 23.5 Å². The molecule has 9 nitrogen and oxygen atoms in total. The summed E-state index contributed by atoms with van der Waals surface area (Å²) in [6.45, 7) is 0.462. The van der Waals surface area contributed by atoms with E-state index in [0.29, 0.717) is 23.7 Å². The van der Waals surface area contributed by atoms with Gasteiger partial charge in [-0.25, -0.2) is 9.78 Å². The van der Waals surface area contributed by atoms with E-state index in [-0.39, 0.29) is 22.5 Å². The van der Waals surface area contributed by atoms with Crippen LogP contribution in [0.15, 0.2) is 46.1 Å². The topological polar surface area (TPSA) is 106 Å². The SMILES string of the molecule is Cn1c(=O)c2cc(C(=O)NC3CCN(c4ccc(Cl)cc4)C3=O)cnc2n(C)c1=O. The number of hydrogen-bond donors (Lipinski definition) is 1. The average Bonchev–Trinajstić information content (AvgIpc) is 3.11. The number of aromatic nitrogens is 3. The van der Waals surface area contributed by atoms with Gasteiger partial charge >= 0.3 is 5.69 Å². The Bertz CT molecular complexity index is 1300. The monoisotopic (exact) mass is 427 g/mol. The van der Waals surface area contributed by atoms with Crippen LogP contribution in [0.2, 0.25) is 5.02 Å². The van der Waals surface area contributed by atoms with Crippen molar-refractivity contribution >= 4 is 40.1 Å². The molecule has 0 radical (unpaired) electrons. The number of nitrogens with zero attached hydrogens (tertiary/aromatic N) is 4. The molecule has 3 heterocycles. The van der Waals surface area contributed by atoms with Gasteiger partial charge in [0.2, 0.25) is 5.91 Å². The Morgan fingerprint density at radius 1 is 1.13 bits per heavy atom. The number of aryl methyl sites for hydroxylation is 1. The van der Waals surface area contributed by atoms with Crippen molar-refractivity contribution in [2.24, 2.45) is 14.1 Å². The van der Waals surface area contributed by atoms with Crippen LogP contribution in [-0.2, 0) is 18.9 Å². The zero-order chi connectivity index (χ0) is 21.6. The Hall–Kier alpha value is -3.46. The van der Waals surface area contributed by atoms with Crippen molar-refractivity contribution in [3.8, 4) is 0 Å². The molecule has 1 fully saturated rings. The molecular weight excluding hydrogens is 410 g/mol. The molecule has 30 heavy (non-hydrogen) atoms. The van der Waals surface area contributed by atoms with E-state index in [1.807, 2.05) is 0 Å². The van der Waals surface area contributed by atoms with Gasteiger partial charge in [-0.05, 0) is 36.8 Å². The molecule has 1 N–H and O–H groups in total. The lowest BCUT2D eigenvalue weighted by Gasteiger charge is -2.17. The second kappa shape index (κ2) is 7.42. The number of benzene rings is 1. The number of fused-ring (bicyclic) bond motifs is 1. The van der Waals surface area contributed by atoms with Gasteiger partial charge in [-0.15, -0.1) is 0 Å². The third-order valence-electron chi connectivity index (χ3n) is 5.20. The molecule has 0 bridgehead atoms. The molecule has 1 unspecified atom stereocenters. The Balaban J connectivity index is 1.58. The third-order valence-corrected chi connectivity index (χ3v) is 5.46. The maximum absolute atomic E-state index is 12.7. The molecule has 154 valence electrons. The number of carbonyl (C=O) groups excluding carboxylic acids is 2. The third kappa shape index (κ3) is 3.26. The van der Waals surface area contributed by atoms with Gasteiger partial charge in [0.1, 0.15) is 11.7 Å². The summed E-state index contributed by atoms with van der Waals surface area (Å²) in [7, 11) is 2.86. The van der Waals surface area contributed by atoms with Crippen molar-refractivity contribution in [3.05, 3.63) is 68.0 Å². The van der Waals surface area contributed by atoms with E-state index in [9.17, 15) is 19.2 Å². The highest BCUT2D eigenvalue weighted by Gasteiger charge is 2.33. The van der Waals surface area contributed by atoms with E-state index in [1.54, 1.807) is 29.2 Å².